The van der Waals surface area contributed by atoms with E-state index in [2.05, 4.69) is 122 Å². The van der Waals surface area contributed by atoms with Crippen molar-refractivity contribution in [3.8, 4) is 44.5 Å². The number of fused-ring (bicyclic) bond motifs is 6. The lowest BCUT2D eigenvalue weighted by atomic mass is 9.74. The molecule has 0 saturated heterocycles. The highest BCUT2D eigenvalue weighted by Crippen LogP contribution is 2.55. The third-order valence-corrected chi connectivity index (χ3v) is 17.9. The van der Waals surface area contributed by atoms with E-state index in [1.165, 1.54) is 89.4 Å². The number of ether oxygens (including phenoxy) is 4. The number of amides is 4. The first-order valence-electron chi connectivity index (χ1n) is 30.2. The Labute approximate surface area is 486 Å². The monoisotopic (exact) mass is 1110 g/mol. The maximum absolute atomic E-state index is 12.9. The number of nitrogens with zero attached hydrogens (tertiary/aromatic N) is 1. The molecule has 5 aromatic carbocycles. The second-order valence-electron chi connectivity index (χ2n) is 23.5. The molecular weight excluding hydrogens is 1030 g/mol. The molecule has 1 fully saturated rings. The van der Waals surface area contributed by atoms with Gasteiger partial charge in [0, 0.05) is 88.6 Å². The Kier molecular flexibility index (Phi) is 20.6. The average molecular weight is 1110 g/mol. The summed E-state index contributed by atoms with van der Waals surface area (Å²) in [6, 6.07) is 36.7. The van der Waals surface area contributed by atoms with Crippen LogP contribution in [-0.2, 0) is 60.2 Å². The molecule has 4 amide bonds. The Morgan fingerprint density at radius 1 is 0.585 bits per heavy atom. The van der Waals surface area contributed by atoms with E-state index in [1.54, 1.807) is 14.2 Å². The third-order valence-electron chi connectivity index (χ3n) is 17.9. The third kappa shape index (κ3) is 13.9. The molecule has 12 nitrogen and oxygen atoms in total. The van der Waals surface area contributed by atoms with E-state index in [9.17, 15) is 24.0 Å². The van der Waals surface area contributed by atoms with Crippen LogP contribution in [0.15, 0.2) is 109 Å². The first-order chi connectivity index (χ1) is 39.8. The predicted octanol–water partition coefficient (Wildman–Crippen LogP) is 12.2. The highest BCUT2D eigenvalue weighted by Gasteiger charge is 2.44. The van der Waals surface area contributed by atoms with Crippen LogP contribution in [0.1, 0.15) is 137 Å². The zero-order valence-corrected chi connectivity index (χ0v) is 49.1. The number of hydrogen-bond donors (Lipinski definition) is 2. The van der Waals surface area contributed by atoms with Gasteiger partial charge in [0.25, 0.3) is 11.8 Å². The van der Waals surface area contributed by atoms with E-state index in [0.717, 1.165) is 76.2 Å². The number of benzene rings is 5. The number of carbonyl (C=O) groups excluding carboxylic acids is 5. The van der Waals surface area contributed by atoms with Gasteiger partial charge in [-0.3, -0.25) is 28.9 Å². The van der Waals surface area contributed by atoms with Gasteiger partial charge < -0.3 is 29.6 Å². The van der Waals surface area contributed by atoms with Crippen LogP contribution in [0, 0.1) is 18.8 Å². The van der Waals surface area contributed by atoms with Gasteiger partial charge in [-0.2, -0.15) is 0 Å². The number of carbonyl (C=O) groups is 5. The van der Waals surface area contributed by atoms with Crippen molar-refractivity contribution in [1.82, 2.24) is 15.5 Å². The largest absolute Gasteiger partial charge is 0.382 e. The Morgan fingerprint density at radius 2 is 1.15 bits per heavy atom. The van der Waals surface area contributed by atoms with Crippen LogP contribution >= 0.6 is 0 Å². The summed E-state index contributed by atoms with van der Waals surface area (Å²) in [7, 11) is 3.42. The topological polar surface area (TPSA) is 150 Å². The zero-order chi connectivity index (χ0) is 57.6. The molecule has 2 atom stereocenters. The highest BCUT2D eigenvalue weighted by atomic mass is 16.5. The molecule has 1 heterocycles. The number of ketones is 1. The maximum Gasteiger partial charge on any atom is 0.253 e. The van der Waals surface area contributed by atoms with Crippen molar-refractivity contribution in [2.75, 3.05) is 73.5 Å². The van der Waals surface area contributed by atoms with E-state index in [1.807, 2.05) is 6.92 Å². The van der Waals surface area contributed by atoms with Crippen LogP contribution in [-0.4, -0.2) is 108 Å². The van der Waals surface area contributed by atoms with Gasteiger partial charge in [-0.05, 0) is 174 Å². The number of methoxy groups -OCH3 is 2. The number of hydrogen-bond acceptors (Lipinski definition) is 9. The van der Waals surface area contributed by atoms with Gasteiger partial charge in [0.2, 0.25) is 11.8 Å². The van der Waals surface area contributed by atoms with Crippen molar-refractivity contribution in [3.05, 3.63) is 143 Å². The minimum atomic E-state index is -0.373. The van der Waals surface area contributed by atoms with Gasteiger partial charge >= 0.3 is 0 Å². The van der Waals surface area contributed by atoms with Gasteiger partial charge in [-0.1, -0.05) is 105 Å². The lowest BCUT2D eigenvalue weighted by Gasteiger charge is -2.33. The fourth-order valence-corrected chi connectivity index (χ4v) is 13.2. The first kappa shape index (κ1) is 60.0. The van der Waals surface area contributed by atoms with Gasteiger partial charge in [-0.15, -0.1) is 0 Å². The van der Waals surface area contributed by atoms with E-state index in [0.29, 0.717) is 85.0 Å². The standard InChI is InChI=1S/C70H85N3O9/c1-6-65(75)71-35-8-7-33-69(3)61-43-53(51-20-16-49(17-21-51)12-9-13-56(74)14-10-36-72-68(78)52-22-18-50(19-23-52)46-73-66(76)31-32-67(73)77)24-28-57(61)58-29-25-54(44-62(58)69)55-26-30-60-59-27-15-48(2)42-63(59)70(64(60)45-55,47-82-41-39-80-5)34-11-37-81-40-38-79-4/h15-17,20-21,24-32,42-45,50,52H,6-14,18-19,22-23,33-41,46-47H2,1-5H3,(H,71,75)(H,72,78). The Balaban J connectivity index is 0.857. The van der Waals surface area contributed by atoms with Crippen molar-refractivity contribution in [3.63, 3.8) is 0 Å². The molecule has 3 aliphatic carbocycles. The molecule has 1 aliphatic heterocycles. The van der Waals surface area contributed by atoms with Crippen LogP contribution in [0.2, 0.25) is 0 Å². The number of aryl methyl sites for hydroxylation is 2. The Bertz CT molecular complexity index is 3080. The molecule has 434 valence electrons. The Morgan fingerprint density at radius 3 is 1.79 bits per heavy atom. The van der Waals surface area contributed by atoms with Crippen LogP contribution < -0.4 is 10.6 Å². The molecule has 2 unspecified atom stereocenters. The molecule has 0 radical (unpaired) electrons. The molecule has 5 aromatic rings. The molecular formula is C70H85N3O9. The Hall–Kier alpha value is -6.57. The SMILES string of the molecule is CCC(=O)NCCCCC1(C)c2cc(-c3ccc(CCCC(=O)CCCNC(=O)C4CCC(CN5C(=O)C=CC5=O)CC4)cc3)ccc2-c2ccc(-c3ccc4c(c3)C(CCCOCCOC)(COCCOC)c3cc(C)ccc3-4)cc21. The summed E-state index contributed by atoms with van der Waals surface area (Å²) in [4.78, 5) is 63.3. The maximum atomic E-state index is 12.9. The van der Waals surface area contributed by atoms with E-state index in [4.69, 9.17) is 18.9 Å². The number of Topliss-reactive ketones (excluding diaryl/α,β-unsaturated/α-hetero) is 1. The van der Waals surface area contributed by atoms with Crippen molar-refractivity contribution < 1.29 is 42.9 Å². The van der Waals surface area contributed by atoms with E-state index < -0.39 is 0 Å². The molecule has 9 rings (SSSR count). The summed E-state index contributed by atoms with van der Waals surface area (Å²) in [6.45, 7) is 11.4. The van der Waals surface area contributed by atoms with Crippen molar-refractivity contribution >= 4 is 29.4 Å². The predicted molar refractivity (Wildman–Crippen MR) is 323 cm³/mol. The zero-order valence-electron chi connectivity index (χ0n) is 49.1. The summed E-state index contributed by atoms with van der Waals surface area (Å²) < 4.78 is 23.2. The molecule has 0 spiro atoms. The summed E-state index contributed by atoms with van der Waals surface area (Å²) in [5.74, 6) is -0.0140. The number of unbranched alkanes of at least 4 members (excludes halogenated alkanes) is 1. The first-order valence-corrected chi connectivity index (χ1v) is 30.2. The summed E-state index contributed by atoms with van der Waals surface area (Å²) in [6.07, 6.45) is 13.9. The lowest BCUT2D eigenvalue weighted by Crippen LogP contribution is -2.38. The van der Waals surface area contributed by atoms with E-state index >= 15 is 0 Å². The number of imide groups is 1. The minimum Gasteiger partial charge on any atom is -0.382 e. The second-order valence-corrected chi connectivity index (χ2v) is 23.5. The summed E-state index contributed by atoms with van der Waals surface area (Å²) in [5, 5.41) is 6.14. The minimum absolute atomic E-state index is 0.0350. The molecule has 0 aromatic heterocycles. The number of rotatable bonds is 31. The van der Waals surface area contributed by atoms with Crippen LogP contribution in [0.4, 0.5) is 0 Å². The molecule has 0 bridgehead atoms. The summed E-state index contributed by atoms with van der Waals surface area (Å²) >= 11 is 0. The number of nitrogens with one attached hydrogen (secondary N) is 2. The fraction of sp³-hybridized carbons (Fsp3) is 0.471. The smallest absolute Gasteiger partial charge is 0.253 e. The highest BCUT2D eigenvalue weighted by molar-refractivity contribution is 6.12. The lowest BCUT2D eigenvalue weighted by molar-refractivity contribution is -0.138. The molecule has 2 N–H and O–H groups in total. The molecule has 82 heavy (non-hydrogen) atoms. The van der Waals surface area contributed by atoms with Gasteiger partial charge in [-0.25, -0.2) is 0 Å². The average Bonchev–Trinajstić information content (AvgIpc) is 3.61. The van der Waals surface area contributed by atoms with Crippen molar-refractivity contribution in [1.29, 1.82) is 0 Å². The summed E-state index contributed by atoms with van der Waals surface area (Å²) in [5.41, 5.74) is 16.7. The second kappa shape index (κ2) is 28.1. The van der Waals surface area contributed by atoms with Crippen molar-refractivity contribution in [2.45, 2.75) is 128 Å². The molecule has 12 heteroatoms. The normalized spacial score (nSPS) is 19.5. The molecule has 1 saturated carbocycles. The molecule has 4 aliphatic rings. The van der Waals surface area contributed by atoms with Gasteiger partial charge in [0.15, 0.2) is 0 Å². The van der Waals surface area contributed by atoms with Crippen LogP contribution in [0.5, 0.6) is 0 Å². The van der Waals surface area contributed by atoms with E-state index in [-0.39, 0.29) is 52.1 Å². The van der Waals surface area contributed by atoms with Gasteiger partial charge in [0.1, 0.15) is 5.78 Å². The van der Waals surface area contributed by atoms with Crippen molar-refractivity contribution in [2.24, 2.45) is 11.8 Å². The van der Waals surface area contributed by atoms with Crippen LogP contribution in [0.3, 0.4) is 0 Å². The quantitative estimate of drug-likeness (QED) is 0.0327. The van der Waals surface area contributed by atoms with Crippen LogP contribution in [0.25, 0.3) is 44.5 Å². The van der Waals surface area contributed by atoms with Gasteiger partial charge in [0.05, 0.1) is 33.0 Å². The fourth-order valence-electron chi connectivity index (χ4n) is 13.2.